The number of rotatable bonds is 8. The Morgan fingerprint density at radius 2 is 2.08 bits per heavy atom. The van der Waals surface area contributed by atoms with Gasteiger partial charge < -0.3 is 19.7 Å². The average molecular weight is 491 g/mol. The molecule has 188 valence electrons. The highest BCUT2D eigenvalue weighted by Gasteiger charge is 2.23. The Hall–Kier alpha value is -3.92. The fourth-order valence-corrected chi connectivity index (χ4v) is 4.75. The standard InChI is InChI=1S/C26H30N6O4/c1-18(33)30-9-4-5-19(16-30)17-32-23-7-3-6-22(21(23)14-28-32)29-26(34)24-15-27-25-13-20(8-10-31(24)25)36-12-11-35-2/h3,6-8,10,13-15,19H,4-5,9,11-12,16-17H2,1-2H3,(H,29,34). The van der Waals surface area contributed by atoms with Crippen LogP contribution in [-0.4, -0.2) is 69.3 Å². The Morgan fingerprint density at radius 1 is 1.19 bits per heavy atom. The van der Waals surface area contributed by atoms with E-state index >= 15 is 0 Å². The van der Waals surface area contributed by atoms with Crippen molar-refractivity contribution in [2.24, 2.45) is 5.92 Å². The molecule has 36 heavy (non-hydrogen) atoms. The van der Waals surface area contributed by atoms with Gasteiger partial charge in [0.2, 0.25) is 5.91 Å². The number of pyridine rings is 1. The Kier molecular flexibility index (Phi) is 6.86. The number of likely N-dealkylation sites (tertiary alicyclic amines) is 1. The molecule has 1 atom stereocenters. The van der Waals surface area contributed by atoms with Gasteiger partial charge >= 0.3 is 0 Å². The van der Waals surface area contributed by atoms with Crippen molar-refractivity contribution in [1.82, 2.24) is 24.1 Å². The van der Waals surface area contributed by atoms with E-state index in [-0.39, 0.29) is 11.8 Å². The first kappa shape index (κ1) is 23.8. The van der Waals surface area contributed by atoms with Crippen LogP contribution in [0.15, 0.2) is 48.9 Å². The van der Waals surface area contributed by atoms with Crippen molar-refractivity contribution in [3.05, 3.63) is 54.6 Å². The molecule has 3 aromatic heterocycles. The molecule has 1 N–H and O–H groups in total. The van der Waals surface area contributed by atoms with Crippen LogP contribution < -0.4 is 10.1 Å². The van der Waals surface area contributed by atoms with Gasteiger partial charge in [-0.3, -0.25) is 18.7 Å². The minimum Gasteiger partial charge on any atom is -0.491 e. The first-order chi connectivity index (χ1) is 17.5. The predicted octanol–water partition coefficient (Wildman–Crippen LogP) is 3.22. The number of ether oxygens (including phenoxy) is 2. The molecule has 1 aliphatic rings. The van der Waals surface area contributed by atoms with E-state index in [2.05, 4.69) is 15.4 Å². The van der Waals surface area contributed by atoms with Gasteiger partial charge in [0.05, 0.1) is 30.2 Å². The van der Waals surface area contributed by atoms with Crippen molar-refractivity contribution in [3.63, 3.8) is 0 Å². The molecular weight excluding hydrogens is 460 g/mol. The van der Waals surface area contributed by atoms with E-state index in [4.69, 9.17) is 9.47 Å². The summed E-state index contributed by atoms with van der Waals surface area (Å²) in [4.78, 5) is 31.2. The van der Waals surface area contributed by atoms with E-state index in [1.165, 1.54) is 0 Å². The maximum atomic E-state index is 13.2. The topological polar surface area (TPSA) is 103 Å². The molecular formula is C26H30N6O4. The summed E-state index contributed by atoms with van der Waals surface area (Å²) in [5.41, 5.74) is 2.67. The molecule has 0 saturated carbocycles. The van der Waals surface area contributed by atoms with Crippen molar-refractivity contribution >= 4 is 34.1 Å². The summed E-state index contributed by atoms with van der Waals surface area (Å²) in [6, 6.07) is 9.37. The number of aromatic nitrogens is 4. The molecule has 4 aromatic rings. The van der Waals surface area contributed by atoms with E-state index in [0.29, 0.717) is 41.9 Å². The summed E-state index contributed by atoms with van der Waals surface area (Å²) in [5, 5.41) is 8.49. The zero-order chi connectivity index (χ0) is 25.1. The monoisotopic (exact) mass is 490 g/mol. The summed E-state index contributed by atoms with van der Waals surface area (Å²) < 4.78 is 14.3. The molecule has 0 spiro atoms. The summed E-state index contributed by atoms with van der Waals surface area (Å²) in [5.74, 6) is 0.877. The number of nitrogens with one attached hydrogen (secondary N) is 1. The minimum atomic E-state index is -0.264. The Balaban J connectivity index is 1.32. The van der Waals surface area contributed by atoms with Crippen LogP contribution in [0.25, 0.3) is 16.6 Å². The first-order valence-corrected chi connectivity index (χ1v) is 12.1. The third-order valence-electron chi connectivity index (χ3n) is 6.60. The van der Waals surface area contributed by atoms with E-state index in [1.54, 1.807) is 49.2 Å². The van der Waals surface area contributed by atoms with Crippen molar-refractivity contribution in [1.29, 1.82) is 0 Å². The number of nitrogens with zero attached hydrogens (tertiary/aromatic N) is 5. The summed E-state index contributed by atoms with van der Waals surface area (Å²) in [6.07, 6.45) is 7.18. The molecule has 5 rings (SSSR count). The average Bonchev–Trinajstić information content (AvgIpc) is 3.49. The Bertz CT molecular complexity index is 1390. The highest BCUT2D eigenvalue weighted by Crippen LogP contribution is 2.26. The summed E-state index contributed by atoms with van der Waals surface area (Å²) in [6.45, 7) is 4.86. The number of fused-ring (bicyclic) bond motifs is 2. The largest absolute Gasteiger partial charge is 0.491 e. The molecule has 1 fully saturated rings. The lowest BCUT2D eigenvalue weighted by atomic mass is 9.98. The third kappa shape index (κ3) is 4.90. The van der Waals surface area contributed by atoms with Gasteiger partial charge in [0, 0.05) is 51.3 Å². The fourth-order valence-electron chi connectivity index (χ4n) is 4.75. The van der Waals surface area contributed by atoms with Crippen molar-refractivity contribution in [3.8, 4) is 5.75 Å². The SMILES string of the molecule is COCCOc1ccn2c(C(=O)Nc3cccc4c3cnn4CC3CCCN(C(C)=O)C3)cnc2c1. The second kappa shape index (κ2) is 10.4. The lowest BCUT2D eigenvalue weighted by molar-refractivity contribution is -0.130. The van der Waals surface area contributed by atoms with Gasteiger partial charge in [-0.25, -0.2) is 4.98 Å². The molecule has 2 amide bonds. The van der Waals surface area contributed by atoms with Gasteiger partial charge in [0.1, 0.15) is 23.7 Å². The number of hydrogen-bond acceptors (Lipinski definition) is 6. The molecule has 1 saturated heterocycles. The van der Waals surface area contributed by atoms with Gasteiger partial charge in [-0.2, -0.15) is 5.10 Å². The molecule has 0 bridgehead atoms. The zero-order valence-electron chi connectivity index (χ0n) is 20.5. The Morgan fingerprint density at radius 3 is 2.92 bits per heavy atom. The summed E-state index contributed by atoms with van der Waals surface area (Å²) in [7, 11) is 1.62. The number of imidazole rings is 1. The second-order valence-corrected chi connectivity index (χ2v) is 9.07. The molecule has 1 aromatic carbocycles. The molecule has 1 aliphatic heterocycles. The smallest absolute Gasteiger partial charge is 0.274 e. The molecule has 4 heterocycles. The van der Waals surface area contributed by atoms with Crippen molar-refractivity contribution in [2.45, 2.75) is 26.3 Å². The number of methoxy groups -OCH3 is 1. The van der Waals surface area contributed by atoms with Crippen LogP contribution in [0.5, 0.6) is 5.75 Å². The number of carbonyl (C=O) groups excluding carboxylic acids is 2. The number of benzene rings is 1. The van der Waals surface area contributed by atoms with Gasteiger partial charge in [-0.15, -0.1) is 0 Å². The van der Waals surface area contributed by atoms with Crippen LogP contribution in [-0.2, 0) is 16.1 Å². The van der Waals surface area contributed by atoms with E-state index in [0.717, 1.165) is 43.4 Å². The van der Waals surface area contributed by atoms with Crippen LogP contribution in [0.1, 0.15) is 30.3 Å². The van der Waals surface area contributed by atoms with Gasteiger partial charge in [-0.05, 0) is 37.0 Å². The quantitative estimate of drug-likeness (QED) is 0.381. The predicted molar refractivity (Wildman–Crippen MR) is 135 cm³/mol. The third-order valence-corrected chi connectivity index (χ3v) is 6.60. The number of carbonyl (C=O) groups is 2. The molecule has 10 heteroatoms. The number of anilines is 1. The van der Waals surface area contributed by atoms with Crippen molar-refractivity contribution in [2.75, 3.05) is 38.7 Å². The molecule has 10 nitrogen and oxygen atoms in total. The molecule has 0 aliphatic carbocycles. The second-order valence-electron chi connectivity index (χ2n) is 9.07. The van der Waals surface area contributed by atoms with Crippen LogP contribution >= 0.6 is 0 Å². The van der Waals surface area contributed by atoms with Crippen LogP contribution in [0, 0.1) is 5.92 Å². The van der Waals surface area contributed by atoms with E-state index < -0.39 is 0 Å². The number of piperidine rings is 1. The molecule has 0 radical (unpaired) electrons. The fraction of sp³-hybridized carbons (Fsp3) is 0.385. The maximum Gasteiger partial charge on any atom is 0.274 e. The van der Waals surface area contributed by atoms with E-state index in [9.17, 15) is 9.59 Å². The van der Waals surface area contributed by atoms with Crippen LogP contribution in [0.2, 0.25) is 0 Å². The van der Waals surface area contributed by atoms with E-state index in [1.807, 2.05) is 27.8 Å². The zero-order valence-corrected chi connectivity index (χ0v) is 20.5. The van der Waals surface area contributed by atoms with Crippen LogP contribution in [0.4, 0.5) is 5.69 Å². The summed E-state index contributed by atoms with van der Waals surface area (Å²) >= 11 is 0. The highest BCUT2D eigenvalue weighted by molar-refractivity contribution is 6.08. The maximum absolute atomic E-state index is 13.2. The molecule has 1 unspecified atom stereocenters. The number of hydrogen-bond donors (Lipinski definition) is 1. The van der Waals surface area contributed by atoms with Gasteiger partial charge in [-0.1, -0.05) is 6.07 Å². The minimum absolute atomic E-state index is 0.122. The van der Waals surface area contributed by atoms with Crippen molar-refractivity contribution < 1.29 is 19.1 Å². The number of amides is 2. The van der Waals surface area contributed by atoms with Crippen LogP contribution in [0.3, 0.4) is 0 Å². The lowest BCUT2D eigenvalue weighted by Crippen LogP contribution is -2.39. The highest BCUT2D eigenvalue weighted by atomic mass is 16.5. The normalized spacial score (nSPS) is 15.9. The lowest BCUT2D eigenvalue weighted by Gasteiger charge is -2.32. The Labute approximate surface area is 208 Å². The van der Waals surface area contributed by atoms with Gasteiger partial charge in [0.25, 0.3) is 5.91 Å². The first-order valence-electron chi connectivity index (χ1n) is 12.1. The van der Waals surface area contributed by atoms with Gasteiger partial charge in [0.15, 0.2) is 0 Å².